The third kappa shape index (κ3) is 2.64. The van der Waals surface area contributed by atoms with E-state index in [1.54, 1.807) is 6.20 Å². The Morgan fingerprint density at radius 1 is 1.21 bits per heavy atom. The second-order valence-corrected chi connectivity index (χ2v) is 8.56. The molecule has 148 valence electrons. The lowest BCUT2D eigenvalue weighted by Gasteiger charge is -2.52. The van der Waals surface area contributed by atoms with Crippen LogP contribution >= 0.6 is 0 Å². The molecule has 5 rings (SSSR count). The predicted octanol–water partition coefficient (Wildman–Crippen LogP) is 3.85. The monoisotopic (exact) mass is 379 g/mol. The minimum absolute atomic E-state index is 0.226. The van der Waals surface area contributed by atoms with Gasteiger partial charge >= 0.3 is 0 Å². The topological polar surface area (TPSA) is 54.4 Å². The van der Waals surface area contributed by atoms with E-state index in [1.165, 1.54) is 17.4 Å². The quantitative estimate of drug-likeness (QED) is 0.748. The number of aliphatic hydroxyl groups is 1. The molecule has 0 spiro atoms. The van der Waals surface area contributed by atoms with Crippen molar-refractivity contribution < 1.29 is 9.52 Å². The van der Waals surface area contributed by atoms with E-state index in [1.807, 2.05) is 23.9 Å². The standard InChI is InChI=1S/C23H29N3O2/c1-3-20-19(18-9-4-5-10-21(18)28-20)15-26-13-16-7-6-8-17(14-26)23(16,27)22-24-11-12-25(22)2/h4-5,9-12,16-17,27H,3,6-8,13-15H2,1-2H3. The molecule has 0 amide bonds. The van der Waals surface area contributed by atoms with Crippen LogP contribution < -0.4 is 0 Å². The van der Waals surface area contributed by atoms with Gasteiger partial charge in [-0.25, -0.2) is 4.98 Å². The number of aryl methyl sites for hydroxylation is 2. The average Bonchev–Trinajstić information content (AvgIpc) is 3.26. The molecule has 5 nitrogen and oxygen atoms in total. The molecule has 1 saturated carbocycles. The van der Waals surface area contributed by atoms with Gasteiger partial charge in [-0.3, -0.25) is 4.90 Å². The van der Waals surface area contributed by atoms with Crippen molar-refractivity contribution >= 4 is 11.0 Å². The maximum atomic E-state index is 11.8. The van der Waals surface area contributed by atoms with E-state index in [-0.39, 0.29) is 11.8 Å². The van der Waals surface area contributed by atoms with Crippen LogP contribution in [0.4, 0.5) is 0 Å². The fourth-order valence-corrected chi connectivity index (χ4v) is 5.62. The molecule has 2 aliphatic rings. The largest absolute Gasteiger partial charge is 0.461 e. The second kappa shape index (κ2) is 6.75. The van der Waals surface area contributed by atoms with Crippen molar-refractivity contribution in [1.29, 1.82) is 0 Å². The molecule has 28 heavy (non-hydrogen) atoms. The van der Waals surface area contributed by atoms with Crippen LogP contribution in [0.3, 0.4) is 0 Å². The SMILES string of the molecule is CCc1oc2ccccc2c1CN1CC2CCCC(C1)C2(O)c1nccn1C. The van der Waals surface area contributed by atoms with Crippen molar-refractivity contribution in [3.05, 3.63) is 53.8 Å². The summed E-state index contributed by atoms with van der Waals surface area (Å²) in [7, 11) is 1.99. The molecule has 5 heteroatoms. The van der Waals surface area contributed by atoms with Gasteiger partial charge in [-0.15, -0.1) is 0 Å². The van der Waals surface area contributed by atoms with Crippen LogP contribution in [-0.2, 0) is 25.6 Å². The number of fused-ring (bicyclic) bond motifs is 3. The minimum atomic E-state index is -0.806. The Bertz CT molecular complexity index is 975. The maximum Gasteiger partial charge on any atom is 0.141 e. The summed E-state index contributed by atoms with van der Waals surface area (Å²) in [5.41, 5.74) is 1.49. The van der Waals surface area contributed by atoms with Crippen molar-refractivity contribution in [3.8, 4) is 0 Å². The molecule has 1 aliphatic carbocycles. The zero-order valence-electron chi connectivity index (χ0n) is 16.8. The summed E-state index contributed by atoms with van der Waals surface area (Å²) >= 11 is 0. The molecule has 2 fully saturated rings. The summed E-state index contributed by atoms with van der Waals surface area (Å²) in [6, 6.07) is 8.35. The lowest BCUT2D eigenvalue weighted by Crippen LogP contribution is -2.58. The van der Waals surface area contributed by atoms with Crippen molar-refractivity contribution in [2.45, 2.75) is 44.8 Å². The lowest BCUT2D eigenvalue weighted by atomic mass is 9.65. The Labute approximate surface area is 166 Å². The first-order valence-corrected chi connectivity index (χ1v) is 10.5. The van der Waals surface area contributed by atoms with Gasteiger partial charge in [-0.2, -0.15) is 0 Å². The summed E-state index contributed by atoms with van der Waals surface area (Å²) in [5.74, 6) is 2.38. The molecule has 3 aromatic rings. The molecule has 1 saturated heterocycles. The van der Waals surface area contributed by atoms with Crippen LogP contribution in [0, 0.1) is 11.8 Å². The van der Waals surface area contributed by atoms with Crippen LogP contribution in [0.15, 0.2) is 41.1 Å². The minimum Gasteiger partial charge on any atom is -0.461 e. The predicted molar refractivity (Wildman–Crippen MR) is 109 cm³/mol. The van der Waals surface area contributed by atoms with Crippen molar-refractivity contribution in [2.75, 3.05) is 13.1 Å². The van der Waals surface area contributed by atoms with E-state index in [0.29, 0.717) is 0 Å². The molecule has 1 aromatic carbocycles. The third-order valence-corrected chi connectivity index (χ3v) is 6.97. The van der Waals surface area contributed by atoms with Gasteiger partial charge in [0.05, 0.1) is 0 Å². The van der Waals surface area contributed by atoms with Crippen molar-refractivity contribution in [1.82, 2.24) is 14.5 Å². The number of hydrogen-bond donors (Lipinski definition) is 1. The number of nitrogens with zero attached hydrogens (tertiary/aromatic N) is 3. The highest BCUT2D eigenvalue weighted by Gasteiger charge is 2.53. The molecule has 2 bridgehead atoms. The van der Waals surface area contributed by atoms with E-state index in [2.05, 4.69) is 35.0 Å². The van der Waals surface area contributed by atoms with Crippen molar-refractivity contribution in [2.24, 2.45) is 18.9 Å². The van der Waals surface area contributed by atoms with E-state index in [9.17, 15) is 5.11 Å². The lowest BCUT2D eigenvalue weighted by molar-refractivity contribution is -0.155. The number of piperidine rings is 1. The Kier molecular flexibility index (Phi) is 4.33. The van der Waals surface area contributed by atoms with E-state index in [0.717, 1.165) is 56.1 Å². The third-order valence-electron chi connectivity index (χ3n) is 6.97. The number of furan rings is 1. The zero-order valence-corrected chi connectivity index (χ0v) is 16.8. The van der Waals surface area contributed by atoms with Gasteiger partial charge in [0.25, 0.3) is 0 Å². The van der Waals surface area contributed by atoms with Gasteiger partial charge < -0.3 is 14.1 Å². The van der Waals surface area contributed by atoms with Crippen molar-refractivity contribution in [3.63, 3.8) is 0 Å². The fraction of sp³-hybridized carbons (Fsp3) is 0.522. The van der Waals surface area contributed by atoms with Gasteiger partial charge in [-0.1, -0.05) is 31.5 Å². The Morgan fingerprint density at radius 2 is 1.96 bits per heavy atom. The van der Waals surface area contributed by atoms with Gasteiger partial charge in [-0.05, 0) is 18.9 Å². The molecule has 1 N–H and O–H groups in total. The second-order valence-electron chi connectivity index (χ2n) is 8.56. The number of rotatable bonds is 4. The first kappa shape index (κ1) is 18.0. The molecule has 3 heterocycles. The molecule has 2 atom stereocenters. The fourth-order valence-electron chi connectivity index (χ4n) is 5.62. The molecule has 2 unspecified atom stereocenters. The summed E-state index contributed by atoms with van der Waals surface area (Å²) in [6.07, 6.45) is 7.97. The summed E-state index contributed by atoms with van der Waals surface area (Å²) in [6.45, 7) is 4.86. The summed E-state index contributed by atoms with van der Waals surface area (Å²) in [5, 5.41) is 13.0. The van der Waals surface area contributed by atoms with E-state index >= 15 is 0 Å². The highest BCUT2D eigenvalue weighted by molar-refractivity contribution is 5.82. The van der Waals surface area contributed by atoms with Crippen LogP contribution in [0.1, 0.15) is 43.3 Å². The first-order chi connectivity index (χ1) is 13.6. The number of imidazole rings is 1. The summed E-state index contributed by atoms with van der Waals surface area (Å²) < 4.78 is 8.11. The van der Waals surface area contributed by atoms with Gasteiger partial charge in [0.2, 0.25) is 0 Å². The molecular formula is C23H29N3O2. The Hall–Kier alpha value is -2.11. The van der Waals surface area contributed by atoms with Crippen LogP contribution in [0.25, 0.3) is 11.0 Å². The number of para-hydroxylation sites is 1. The normalized spacial score (nSPS) is 28.1. The maximum absolute atomic E-state index is 11.8. The smallest absolute Gasteiger partial charge is 0.141 e. The highest BCUT2D eigenvalue weighted by atomic mass is 16.3. The van der Waals surface area contributed by atoms with Crippen LogP contribution in [0.2, 0.25) is 0 Å². The average molecular weight is 380 g/mol. The summed E-state index contributed by atoms with van der Waals surface area (Å²) in [4.78, 5) is 7.07. The number of hydrogen-bond acceptors (Lipinski definition) is 4. The molecule has 0 radical (unpaired) electrons. The van der Waals surface area contributed by atoms with Gasteiger partial charge in [0, 0.05) is 68.3 Å². The number of benzene rings is 1. The number of aromatic nitrogens is 2. The van der Waals surface area contributed by atoms with Crippen LogP contribution in [-0.4, -0.2) is 32.6 Å². The van der Waals surface area contributed by atoms with E-state index < -0.39 is 5.60 Å². The Morgan fingerprint density at radius 3 is 2.64 bits per heavy atom. The van der Waals surface area contributed by atoms with Gasteiger partial charge in [0.15, 0.2) is 0 Å². The van der Waals surface area contributed by atoms with E-state index in [4.69, 9.17) is 4.42 Å². The number of likely N-dealkylation sites (tertiary alicyclic amines) is 1. The molecule has 2 aromatic heterocycles. The van der Waals surface area contributed by atoms with Gasteiger partial charge in [0.1, 0.15) is 22.8 Å². The Balaban J connectivity index is 1.45. The molecular weight excluding hydrogens is 350 g/mol. The highest BCUT2D eigenvalue weighted by Crippen LogP contribution is 2.49. The van der Waals surface area contributed by atoms with Crippen LogP contribution in [0.5, 0.6) is 0 Å². The zero-order chi connectivity index (χ0) is 19.3. The molecule has 1 aliphatic heterocycles. The first-order valence-electron chi connectivity index (χ1n) is 10.5.